The molecule has 9 nitrogen and oxygen atoms in total. The maximum absolute atomic E-state index is 13.3. The van der Waals surface area contributed by atoms with Gasteiger partial charge in [-0.15, -0.1) is 0 Å². The molecule has 1 fully saturated rings. The molecule has 0 saturated carbocycles. The number of benzene rings is 1. The highest BCUT2D eigenvalue weighted by molar-refractivity contribution is 7.08. The van der Waals surface area contributed by atoms with Crippen molar-refractivity contribution >= 4 is 45.6 Å². The Morgan fingerprint density at radius 3 is 2.83 bits per heavy atom. The molecular weight excluding hydrogens is 466 g/mol. The van der Waals surface area contributed by atoms with Gasteiger partial charge in [0.1, 0.15) is 29.3 Å². The molecule has 0 unspecified atom stereocenters. The van der Waals surface area contributed by atoms with Gasteiger partial charge < -0.3 is 25.7 Å². The number of fused-ring (bicyclic) bond motifs is 1. The van der Waals surface area contributed by atoms with Gasteiger partial charge in [0.25, 0.3) is 5.91 Å². The monoisotopic (exact) mass is 491 g/mol. The lowest BCUT2D eigenvalue weighted by molar-refractivity contribution is -0.132. The largest absolute Gasteiger partial charge is 0.461 e. The Morgan fingerprint density at radius 1 is 1.29 bits per heavy atom. The number of anilines is 1. The van der Waals surface area contributed by atoms with Gasteiger partial charge in [0.15, 0.2) is 11.4 Å². The molecule has 2 aromatic heterocycles. The first kappa shape index (κ1) is 24.0. The summed E-state index contributed by atoms with van der Waals surface area (Å²) in [5, 5.41) is 20.1. The minimum absolute atomic E-state index is 0.0301. The lowest BCUT2D eigenvalue weighted by Crippen LogP contribution is -2.48. The second kappa shape index (κ2) is 10.4. The molecule has 0 spiro atoms. The predicted octanol–water partition coefficient (Wildman–Crippen LogP) is 3.29. The van der Waals surface area contributed by atoms with Crippen LogP contribution in [0.2, 0.25) is 0 Å². The van der Waals surface area contributed by atoms with E-state index < -0.39 is 11.9 Å². The Labute approximate surface area is 206 Å². The van der Waals surface area contributed by atoms with Crippen molar-refractivity contribution in [2.75, 3.05) is 18.4 Å². The number of nitrogens with two attached hydrogens (primary N) is 1. The molecular formula is C25H25N5O4S. The molecule has 3 aromatic rings. The van der Waals surface area contributed by atoms with Crippen LogP contribution < -0.4 is 16.4 Å². The number of thiophene rings is 1. The number of furan rings is 1. The number of carbonyl (C=O) groups excluding carboxylic acids is 3. The maximum atomic E-state index is 13.3. The van der Waals surface area contributed by atoms with E-state index in [4.69, 9.17) is 10.2 Å². The number of rotatable bonds is 8. The van der Waals surface area contributed by atoms with E-state index >= 15 is 0 Å². The van der Waals surface area contributed by atoms with Crippen molar-refractivity contribution in [1.82, 2.24) is 10.2 Å². The number of amides is 2. The number of aryl methyl sites for hydroxylation is 1. The fourth-order valence-electron chi connectivity index (χ4n) is 4.06. The summed E-state index contributed by atoms with van der Waals surface area (Å²) in [6.07, 6.45) is 1.95. The van der Waals surface area contributed by atoms with E-state index in [2.05, 4.69) is 10.6 Å². The number of hydrogen-bond donors (Lipinski definition) is 3. The van der Waals surface area contributed by atoms with Crippen LogP contribution >= 0.6 is 11.3 Å². The summed E-state index contributed by atoms with van der Waals surface area (Å²) in [5.41, 5.74) is 6.99. The summed E-state index contributed by atoms with van der Waals surface area (Å²) < 4.78 is 5.60. The number of primary amides is 1. The van der Waals surface area contributed by atoms with Crippen molar-refractivity contribution in [2.45, 2.75) is 32.2 Å². The Hall–Kier alpha value is -4.10. The van der Waals surface area contributed by atoms with Crippen molar-refractivity contribution < 1.29 is 18.8 Å². The van der Waals surface area contributed by atoms with Crippen LogP contribution in [-0.4, -0.2) is 41.6 Å². The number of likely N-dealkylation sites (tertiary alicyclic amines) is 1. The van der Waals surface area contributed by atoms with Crippen molar-refractivity contribution in [1.29, 1.82) is 5.26 Å². The minimum atomic E-state index is -0.923. The first-order chi connectivity index (χ1) is 16.9. The number of nitrogens with one attached hydrogen (secondary N) is 2. The predicted molar refractivity (Wildman–Crippen MR) is 132 cm³/mol. The van der Waals surface area contributed by atoms with Gasteiger partial charge in [0.2, 0.25) is 5.91 Å². The molecule has 1 aromatic carbocycles. The molecule has 1 aliphatic rings. The van der Waals surface area contributed by atoms with Gasteiger partial charge >= 0.3 is 0 Å². The van der Waals surface area contributed by atoms with Crippen molar-refractivity contribution in [3.05, 3.63) is 63.8 Å². The second-order valence-corrected chi connectivity index (χ2v) is 9.13. The number of carbonyl (C=O) groups is 3. The van der Waals surface area contributed by atoms with Gasteiger partial charge in [-0.05, 0) is 61.9 Å². The molecule has 3 heterocycles. The molecule has 35 heavy (non-hydrogen) atoms. The van der Waals surface area contributed by atoms with Crippen LogP contribution in [0, 0.1) is 18.3 Å². The summed E-state index contributed by atoms with van der Waals surface area (Å²) in [6.45, 7) is 2.27. The molecule has 0 bridgehead atoms. The Kier molecular flexibility index (Phi) is 7.17. The SMILES string of the molecule is Cc1cc2cc(N/C(N[C@H]3CCCCN(CC(=O)c4ccsc4)C3=O)=C(/C#N)C(N)=O)ccc2o1. The highest BCUT2D eigenvalue weighted by Gasteiger charge is 2.30. The molecule has 4 rings (SSSR count). The molecule has 1 atom stereocenters. The van der Waals surface area contributed by atoms with Crippen molar-refractivity contribution in [3.63, 3.8) is 0 Å². The van der Waals surface area contributed by atoms with Gasteiger partial charge in [-0.3, -0.25) is 14.4 Å². The standard InChI is InChI=1S/C25H25N5O4S/c1-15-10-17-11-18(5-6-22(17)34-15)28-24(19(12-26)23(27)32)29-20-4-2-3-8-30(25(20)33)13-21(31)16-7-9-35-14-16/h5-7,9-11,14,20,28-29H,2-4,8,13H2,1H3,(H2,27,32)/b24-19+/t20-/m0/s1. The third-order valence-electron chi connectivity index (χ3n) is 5.79. The number of nitriles is 1. The molecule has 10 heteroatoms. The van der Waals surface area contributed by atoms with Crippen LogP contribution in [0.4, 0.5) is 5.69 Å². The zero-order valence-corrected chi connectivity index (χ0v) is 20.0. The molecule has 0 aliphatic carbocycles. The van der Waals surface area contributed by atoms with Crippen LogP contribution in [0.5, 0.6) is 0 Å². The summed E-state index contributed by atoms with van der Waals surface area (Å²) in [5.74, 6) is -0.528. The first-order valence-electron chi connectivity index (χ1n) is 11.2. The van der Waals surface area contributed by atoms with Crippen molar-refractivity contribution in [2.24, 2.45) is 5.73 Å². The average Bonchev–Trinajstić information content (AvgIpc) is 3.45. The van der Waals surface area contributed by atoms with Gasteiger partial charge in [-0.25, -0.2) is 0 Å². The highest BCUT2D eigenvalue weighted by atomic mass is 32.1. The average molecular weight is 492 g/mol. The van der Waals surface area contributed by atoms with E-state index in [1.165, 1.54) is 16.2 Å². The zero-order valence-electron chi connectivity index (χ0n) is 19.2. The second-order valence-electron chi connectivity index (χ2n) is 8.35. The van der Waals surface area contributed by atoms with E-state index in [1.54, 1.807) is 23.6 Å². The first-order valence-corrected chi connectivity index (χ1v) is 12.1. The number of hydrogen-bond acceptors (Lipinski definition) is 8. The van der Waals surface area contributed by atoms with Crippen LogP contribution in [-0.2, 0) is 9.59 Å². The lowest BCUT2D eigenvalue weighted by atomic mass is 10.1. The Morgan fingerprint density at radius 2 is 2.11 bits per heavy atom. The summed E-state index contributed by atoms with van der Waals surface area (Å²) in [6, 6.07) is 10.0. The summed E-state index contributed by atoms with van der Waals surface area (Å²) in [7, 11) is 0. The van der Waals surface area contributed by atoms with E-state index in [-0.39, 0.29) is 29.6 Å². The molecule has 4 N–H and O–H groups in total. The van der Waals surface area contributed by atoms with Crippen LogP contribution in [0.1, 0.15) is 35.4 Å². The van der Waals surface area contributed by atoms with E-state index in [9.17, 15) is 19.6 Å². The fourth-order valence-corrected chi connectivity index (χ4v) is 4.72. The molecule has 2 amide bonds. The molecule has 1 aliphatic heterocycles. The van der Waals surface area contributed by atoms with Gasteiger partial charge in [-0.1, -0.05) is 0 Å². The van der Waals surface area contributed by atoms with E-state index in [0.29, 0.717) is 29.8 Å². The number of ketones is 1. The topological polar surface area (TPSA) is 141 Å². The van der Waals surface area contributed by atoms with E-state index in [0.717, 1.165) is 24.0 Å². The molecule has 180 valence electrons. The zero-order chi connectivity index (χ0) is 24.9. The lowest BCUT2D eigenvalue weighted by Gasteiger charge is -2.26. The summed E-state index contributed by atoms with van der Waals surface area (Å²) in [4.78, 5) is 39.5. The highest BCUT2D eigenvalue weighted by Crippen LogP contribution is 2.24. The normalized spacial score (nSPS) is 16.9. The maximum Gasteiger partial charge on any atom is 0.263 e. The van der Waals surface area contributed by atoms with Crippen LogP contribution in [0.25, 0.3) is 11.0 Å². The third kappa shape index (κ3) is 5.53. The van der Waals surface area contributed by atoms with E-state index in [1.807, 2.05) is 30.5 Å². The quantitative estimate of drug-likeness (QED) is 0.249. The van der Waals surface area contributed by atoms with Crippen LogP contribution in [0.15, 0.2) is 56.9 Å². The van der Waals surface area contributed by atoms with Gasteiger partial charge in [0.05, 0.1) is 6.54 Å². The van der Waals surface area contributed by atoms with Gasteiger partial charge in [-0.2, -0.15) is 16.6 Å². The fraction of sp³-hybridized carbons (Fsp3) is 0.280. The molecule has 0 radical (unpaired) electrons. The minimum Gasteiger partial charge on any atom is -0.461 e. The smallest absolute Gasteiger partial charge is 0.263 e. The Balaban J connectivity index is 1.58. The number of Topliss-reactive ketones (excluding diaryl/α,β-unsaturated/α-hetero) is 1. The summed E-state index contributed by atoms with van der Waals surface area (Å²) >= 11 is 1.42. The third-order valence-corrected chi connectivity index (χ3v) is 6.48. The number of nitrogens with zero attached hydrogens (tertiary/aromatic N) is 2. The van der Waals surface area contributed by atoms with Crippen LogP contribution in [0.3, 0.4) is 0 Å². The van der Waals surface area contributed by atoms with Gasteiger partial charge in [0, 0.05) is 28.6 Å². The molecule has 1 saturated heterocycles. The van der Waals surface area contributed by atoms with Crippen molar-refractivity contribution in [3.8, 4) is 6.07 Å². The Bertz CT molecular complexity index is 1340.